The van der Waals surface area contributed by atoms with Crippen molar-refractivity contribution in [2.24, 2.45) is 0 Å². The number of aromatic nitrogens is 2. The number of H-pyrrole nitrogens is 1. The van der Waals surface area contributed by atoms with E-state index in [1.165, 1.54) is 7.11 Å². The Morgan fingerprint density at radius 2 is 2.00 bits per heavy atom. The maximum atomic E-state index is 11.5. The van der Waals surface area contributed by atoms with Crippen molar-refractivity contribution in [3.05, 3.63) is 36.0 Å². The van der Waals surface area contributed by atoms with Gasteiger partial charge >= 0.3 is 6.09 Å². The molecule has 7 nitrogen and oxygen atoms in total. The van der Waals surface area contributed by atoms with Gasteiger partial charge in [-0.2, -0.15) is 5.10 Å². The van der Waals surface area contributed by atoms with Crippen LogP contribution in [0.5, 0.6) is 5.75 Å². The third-order valence-electron chi connectivity index (χ3n) is 4.61. The molecule has 2 heterocycles. The zero-order valence-electron chi connectivity index (χ0n) is 14.6. The van der Waals surface area contributed by atoms with Crippen molar-refractivity contribution < 1.29 is 14.3 Å². The number of nitrogens with zero attached hydrogens (tertiary/aromatic N) is 2. The number of hydrogen-bond acceptors (Lipinski definition) is 5. The Bertz CT molecular complexity index is 691. The number of aromatic amines is 1. The van der Waals surface area contributed by atoms with Crippen molar-refractivity contribution >= 4 is 6.09 Å². The largest absolute Gasteiger partial charge is 0.497 e. The first kappa shape index (κ1) is 17.3. The van der Waals surface area contributed by atoms with Gasteiger partial charge < -0.3 is 19.7 Å². The third-order valence-corrected chi connectivity index (χ3v) is 4.61. The number of carbonyl (C=O) groups excluding carboxylic acids is 1. The fourth-order valence-electron chi connectivity index (χ4n) is 3.10. The topological polar surface area (TPSA) is 79.5 Å². The number of rotatable bonds is 5. The monoisotopic (exact) mass is 344 g/mol. The second-order valence-corrected chi connectivity index (χ2v) is 6.11. The van der Waals surface area contributed by atoms with Crippen molar-refractivity contribution in [2.45, 2.75) is 25.4 Å². The summed E-state index contributed by atoms with van der Waals surface area (Å²) in [5.74, 6) is 0.834. The predicted molar refractivity (Wildman–Crippen MR) is 94.4 cm³/mol. The van der Waals surface area contributed by atoms with Gasteiger partial charge in [-0.15, -0.1) is 0 Å². The molecule has 134 valence electrons. The molecule has 0 spiro atoms. The summed E-state index contributed by atoms with van der Waals surface area (Å²) >= 11 is 0. The number of methoxy groups -OCH3 is 2. The highest BCUT2D eigenvalue weighted by atomic mass is 16.5. The summed E-state index contributed by atoms with van der Waals surface area (Å²) in [7, 11) is 3.08. The third kappa shape index (κ3) is 4.11. The number of nitrogens with one attached hydrogen (secondary N) is 2. The van der Waals surface area contributed by atoms with Crippen molar-refractivity contribution in [1.29, 1.82) is 0 Å². The zero-order valence-corrected chi connectivity index (χ0v) is 14.6. The first-order valence-corrected chi connectivity index (χ1v) is 8.44. The first-order valence-electron chi connectivity index (χ1n) is 8.44. The van der Waals surface area contributed by atoms with Crippen LogP contribution in [0.4, 0.5) is 4.79 Å². The molecule has 0 saturated carbocycles. The lowest BCUT2D eigenvalue weighted by Gasteiger charge is -2.31. The predicted octanol–water partition coefficient (Wildman–Crippen LogP) is 2.41. The molecule has 1 amide bonds. The molecule has 1 aliphatic heterocycles. The SMILES string of the molecule is COC(=O)N1CCC(NCc2cn[nH]c2-c2ccc(OC)cc2)CC1. The van der Waals surface area contributed by atoms with E-state index < -0.39 is 0 Å². The second-order valence-electron chi connectivity index (χ2n) is 6.11. The number of likely N-dealkylation sites (tertiary alicyclic amines) is 1. The number of ether oxygens (including phenoxy) is 2. The Morgan fingerprint density at radius 1 is 1.28 bits per heavy atom. The first-order chi connectivity index (χ1) is 12.2. The minimum Gasteiger partial charge on any atom is -0.497 e. The minimum absolute atomic E-state index is 0.241. The molecule has 3 rings (SSSR count). The molecule has 7 heteroatoms. The van der Waals surface area contributed by atoms with Gasteiger partial charge in [0.15, 0.2) is 0 Å². The van der Waals surface area contributed by atoms with Gasteiger partial charge in [-0.25, -0.2) is 4.79 Å². The lowest BCUT2D eigenvalue weighted by molar-refractivity contribution is 0.109. The van der Waals surface area contributed by atoms with Crippen molar-refractivity contribution in [2.75, 3.05) is 27.3 Å². The van der Waals surface area contributed by atoms with Crippen LogP contribution in [-0.4, -0.2) is 54.5 Å². The van der Waals surface area contributed by atoms with Crippen LogP contribution in [0.15, 0.2) is 30.5 Å². The molecule has 1 aromatic heterocycles. The molecule has 0 aliphatic carbocycles. The van der Waals surface area contributed by atoms with Crippen LogP contribution in [0.25, 0.3) is 11.3 Å². The molecular weight excluding hydrogens is 320 g/mol. The van der Waals surface area contributed by atoms with Gasteiger partial charge in [0.1, 0.15) is 5.75 Å². The summed E-state index contributed by atoms with van der Waals surface area (Å²) in [4.78, 5) is 13.3. The van der Waals surface area contributed by atoms with Gasteiger partial charge in [-0.3, -0.25) is 5.10 Å². The average Bonchev–Trinajstić information content (AvgIpc) is 3.15. The molecular formula is C18H24N4O3. The quantitative estimate of drug-likeness (QED) is 0.871. The van der Waals surface area contributed by atoms with E-state index in [0.29, 0.717) is 6.04 Å². The van der Waals surface area contributed by atoms with E-state index in [4.69, 9.17) is 9.47 Å². The van der Waals surface area contributed by atoms with Crippen LogP contribution >= 0.6 is 0 Å². The molecule has 1 aromatic carbocycles. The summed E-state index contributed by atoms with van der Waals surface area (Å²) in [6.07, 6.45) is 3.46. The summed E-state index contributed by atoms with van der Waals surface area (Å²) in [5.41, 5.74) is 3.22. The average molecular weight is 344 g/mol. The highest BCUT2D eigenvalue weighted by Crippen LogP contribution is 2.24. The van der Waals surface area contributed by atoms with Crippen molar-refractivity contribution in [3.63, 3.8) is 0 Å². The van der Waals surface area contributed by atoms with E-state index in [9.17, 15) is 4.79 Å². The van der Waals surface area contributed by atoms with Crippen molar-refractivity contribution in [1.82, 2.24) is 20.4 Å². The molecule has 25 heavy (non-hydrogen) atoms. The molecule has 1 fully saturated rings. The normalized spacial score (nSPS) is 15.2. The van der Waals surface area contributed by atoms with Gasteiger partial charge in [-0.1, -0.05) is 0 Å². The van der Waals surface area contributed by atoms with Crippen LogP contribution < -0.4 is 10.1 Å². The van der Waals surface area contributed by atoms with E-state index >= 15 is 0 Å². The van der Waals surface area contributed by atoms with Gasteiger partial charge in [0.25, 0.3) is 0 Å². The lowest BCUT2D eigenvalue weighted by Crippen LogP contribution is -2.44. The number of hydrogen-bond donors (Lipinski definition) is 2. The van der Waals surface area contributed by atoms with Gasteiger partial charge in [0.2, 0.25) is 0 Å². The van der Waals surface area contributed by atoms with Crippen molar-refractivity contribution in [3.8, 4) is 17.0 Å². The van der Waals surface area contributed by atoms with Gasteiger partial charge in [0, 0.05) is 36.8 Å². The molecule has 1 aliphatic rings. The maximum absolute atomic E-state index is 11.5. The standard InChI is InChI=1S/C18H24N4O3/c1-24-16-5-3-13(4-6-16)17-14(12-20-21-17)11-19-15-7-9-22(10-8-15)18(23)25-2/h3-6,12,15,19H,7-11H2,1-2H3,(H,20,21). The smallest absolute Gasteiger partial charge is 0.409 e. The number of carbonyl (C=O) groups is 1. The van der Waals surface area contributed by atoms with E-state index in [-0.39, 0.29) is 6.09 Å². The maximum Gasteiger partial charge on any atom is 0.409 e. The van der Waals surface area contributed by atoms with E-state index in [1.807, 2.05) is 30.5 Å². The van der Waals surface area contributed by atoms with Crippen LogP contribution in [0.3, 0.4) is 0 Å². The Hall–Kier alpha value is -2.54. The Morgan fingerprint density at radius 3 is 2.64 bits per heavy atom. The molecule has 0 unspecified atom stereocenters. The highest BCUT2D eigenvalue weighted by Gasteiger charge is 2.23. The lowest BCUT2D eigenvalue weighted by atomic mass is 10.0. The summed E-state index contributed by atoms with van der Waals surface area (Å²) in [5, 5.41) is 10.8. The fourth-order valence-corrected chi connectivity index (χ4v) is 3.10. The molecule has 2 aromatic rings. The van der Waals surface area contributed by atoms with Crippen LogP contribution in [-0.2, 0) is 11.3 Å². The van der Waals surface area contributed by atoms with E-state index in [0.717, 1.165) is 55.0 Å². The molecule has 1 saturated heterocycles. The minimum atomic E-state index is -0.241. The van der Waals surface area contributed by atoms with Crippen LogP contribution in [0, 0.1) is 0 Å². The number of piperidine rings is 1. The van der Waals surface area contributed by atoms with E-state index in [1.54, 1.807) is 12.0 Å². The summed E-state index contributed by atoms with van der Waals surface area (Å²) in [6.45, 7) is 2.18. The molecule has 2 N–H and O–H groups in total. The van der Waals surface area contributed by atoms with Gasteiger partial charge in [0.05, 0.1) is 26.1 Å². The fraction of sp³-hybridized carbons (Fsp3) is 0.444. The summed E-state index contributed by atoms with van der Waals surface area (Å²) in [6, 6.07) is 8.31. The summed E-state index contributed by atoms with van der Waals surface area (Å²) < 4.78 is 9.97. The molecule has 0 radical (unpaired) electrons. The molecule has 0 atom stereocenters. The second kappa shape index (κ2) is 8.02. The Balaban J connectivity index is 1.56. The highest BCUT2D eigenvalue weighted by molar-refractivity contribution is 5.67. The zero-order chi connectivity index (χ0) is 17.6. The Kier molecular flexibility index (Phi) is 5.55. The number of amides is 1. The van der Waals surface area contributed by atoms with Crippen LogP contribution in [0.2, 0.25) is 0 Å². The van der Waals surface area contributed by atoms with Gasteiger partial charge in [-0.05, 0) is 37.1 Å². The van der Waals surface area contributed by atoms with E-state index in [2.05, 4.69) is 15.5 Å². The molecule has 0 bridgehead atoms. The Labute approximate surface area is 147 Å². The van der Waals surface area contributed by atoms with Crippen LogP contribution in [0.1, 0.15) is 18.4 Å². The number of benzene rings is 1.